The first kappa shape index (κ1) is 20.3. The van der Waals surface area contributed by atoms with Crippen LogP contribution in [-0.2, 0) is 10.0 Å². The highest BCUT2D eigenvalue weighted by atomic mass is 32.2. The lowest BCUT2D eigenvalue weighted by Crippen LogP contribution is -2.39. The van der Waals surface area contributed by atoms with Crippen LogP contribution in [0.25, 0.3) is 0 Å². The fourth-order valence-electron chi connectivity index (χ4n) is 3.10. The van der Waals surface area contributed by atoms with Gasteiger partial charge >= 0.3 is 0 Å². The van der Waals surface area contributed by atoms with Gasteiger partial charge in [0.2, 0.25) is 21.8 Å². The predicted molar refractivity (Wildman–Crippen MR) is 98.5 cm³/mol. The number of sulfonamides is 1. The average molecular weight is 411 g/mol. The van der Waals surface area contributed by atoms with Crippen molar-refractivity contribution in [2.75, 3.05) is 14.2 Å². The fourth-order valence-corrected chi connectivity index (χ4v) is 4.58. The summed E-state index contributed by atoms with van der Waals surface area (Å²) in [6.07, 6.45) is 5.36. The summed E-state index contributed by atoms with van der Waals surface area (Å²) < 4.78 is 57.3. The van der Waals surface area contributed by atoms with Crippen LogP contribution in [0.1, 0.15) is 25.7 Å². The van der Waals surface area contributed by atoms with Crippen molar-refractivity contribution in [2.45, 2.75) is 42.7 Å². The van der Waals surface area contributed by atoms with Crippen molar-refractivity contribution in [1.29, 1.82) is 0 Å². The van der Waals surface area contributed by atoms with Crippen LogP contribution in [0.15, 0.2) is 35.5 Å². The van der Waals surface area contributed by atoms with Gasteiger partial charge in [0.05, 0.1) is 26.6 Å². The summed E-state index contributed by atoms with van der Waals surface area (Å²) in [6, 6.07) is 3.14. The normalized spacial score (nSPS) is 19.8. The van der Waals surface area contributed by atoms with Crippen molar-refractivity contribution in [2.24, 2.45) is 0 Å². The zero-order chi connectivity index (χ0) is 20.1. The number of hydrogen-bond acceptors (Lipinski definition) is 7. The van der Waals surface area contributed by atoms with Crippen molar-refractivity contribution in [1.82, 2.24) is 14.7 Å². The third-order valence-corrected chi connectivity index (χ3v) is 6.04. The maximum atomic E-state index is 13.5. The molecule has 1 saturated carbocycles. The Labute approximate surface area is 163 Å². The molecule has 1 fully saturated rings. The number of methoxy groups -OCH3 is 2. The van der Waals surface area contributed by atoms with E-state index in [4.69, 9.17) is 14.2 Å². The van der Waals surface area contributed by atoms with E-state index in [1.54, 1.807) is 0 Å². The molecule has 0 aliphatic heterocycles. The molecule has 1 aliphatic rings. The SMILES string of the molecule is COc1cncc(OC2CCC(NS(=O)(=O)c3cc(F)ccc3OC)CC2)n1. The van der Waals surface area contributed by atoms with Gasteiger partial charge in [-0.05, 0) is 43.9 Å². The van der Waals surface area contributed by atoms with Gasteiger partial charge in [0, 0.05) is 6.04 Å². The summed E-state index contributed by atoms with van der Waals surface area (Å²) in [6.45, 7) is 0. The van der Waals surface area contributed by atoms with Crippen LogP contribution >= 0.6 is 0 Å². The third kappa shape index (κ3) is 4.87. The van der Waals surface area contributed by atoms with E-state index in [-0.39, 0.29) is 22.8 Å². The summed E-state index contributed by atoms with van der Waals surface area (Å²) in [7, 11) is -1.06. The van der Waals surface area contributed by atoms with Gasteiger partial charge in [0.15, 0.2) is 0 Å². The maximum absolute atomic E-state index is 13.5. The van der Waals surface area contributed by atoms with Gasteiger partial charge in [-0.1, -0.05) is 0 Å². The molecule has 1 aromatic carbocycles. The highest BCUT2D eigenvalue weighted by molar-refractivity contribution is 7.89. The molecule has 0 amide bonds. The van der Waals surface area contributed by atoms with Gasteiger partial charge in [-0.2, -0.15) is 4.98 Å². The van der Waals surface area contributed by atoms with Crippen LogP contribution in [0, 0.1) is 5.82 Å². The lowest BCUT2D eigenvalue weighted by Gasteiger charge is -2.29. The van der Waals surface area contributed by atoms with Crippen molar-refractivity contribution in [3.05, 3.63) is 36.4 Å². The van der Waals surface area contributed by atoms with Crippen LogP contribution < -0.4 is 18.9 Å². The molecule has 2 aromatic rings. The Morgan fingerprint density at radius 2 is 1.79 bits per heavy atom. The van der Waals surface area contributed by atoms with Gasteiger partial charge in [-0.15, -0.1) is 0 Å². The molecule has 0 radical (unpaired) electrons. The molecule has 0 atom stereocenters. The summed E-state index contributed by atoms with van der Waals surface area (Å²) in [5.41, 5.74) is 0. The van der Waals surface area contributed by atoms with E-state index in [2.05, 4.69) is 14.7 Å². The van der Waals surface area contributed by atoms with Gasteiger partial charge < -0.3 is 14.2 Å². The molecule has 8 nitrogen and oxygen atoms in total. The molecule has 28 heavy (non-hydrogen) atoms. The van der Waals surface area contributed by atoms with E-state index in [0.717, 1.165) is 12.1 Å². The molecular formula is C18H22FN3O5S. The summed E-state index contributed by atoms with van der Waals surface area (Å²) in [5, 5.41) is 0. The summed E-state index contributed by atoms with van der Waals surface area (Å²) >= 11 is 0. The first-order valence-electron chi connectivity index (χ1n) is 8.80. The van der Waals surface area contributed by atoms with E-state index >= 15 is 0 Å². The number of hydrogen-bond donors (Lipinski definition) is 1. The first-order chi connectivity index (χ1) is 13.4. The molecule has 1 N–H and O–H groups in total. The van der Waals surface area contributed by atoms with Crippen molar-refractivity contribution >= 4 is 10.0 Å². The molecular weight excluding hydrogens is 389 g/mol. The van der Waals surface area contributed by atoms with Gasteiger partial charge in [0.25, 0.3) is 0 Å². The Morgan fingerprint density at radius 1 is 1.07 bits per heavy atom. The second-order valence-electron chi connectivity index (χ2n) is 6.41. The Balaban J connectivity index is 1.60. The van der Waals surface area contributed by atoms with E-state index < -0.39 is 15.8 Å². The van der Waals surface area contributed by atoms with E-state index in [1.807, 2.05) is 0 Å². The minimum Gasteiger partial charge on any atom is -0.495 e. The Morgan fingerprint density at radius 3 is 2.46 bits per heavy atom. The standard InChI is InChI=1S/C18H22FN3O5S/c1-25-15-8-3-12(19)9-16(15)28(23,24)22-13-4-6-14(7-5-13)27-18-11-20-10-17(21-18)26-2/h3,8-11,13-14,22H,4-7H2,1-2H3. The lowest BCUT2D eigenvalue weighted by atomic mass is 9.94. The topological polar surface area (TPSA) is 99.6 Å². The smallest absolute Gasteiger partial charge is 0.244 e. The fraction of sp³-hybridized carbons (Fsp3) is 0.444. The highest BCUT2D eigenvalue weighted by Crippen LogP contribution is 2.28. The number of ether oxygens (including phenoxy) is 3. The van der Waals surface area contributed by atoms with Crippen molar-refractivity contribution in [3.63, 3.8) is 0 Å². The molecule has 0 unspecified atom stereocenters. The molecule has 0 saturated heterocycles. The maximum Gasteiger partial charge on any atom is 0.244 e. The quantitative estimate of drug-likeness (QED) is 0.746. The number of nitrogens with zero attached hydrogens (tertiary/aromatic N) is 2. The van der Waals surface area contributed by atoms with Crippen molar-refractivity contribution < 1.29 is 27.0 Å². The number of nitrogens with one attached hydrogen (secondary N) is 1. The first-order valence-corrected chi connectivity index (χ1v) is 10.3. The largest absolute Gasteiger partial charge is 0.495 e. The monoisotopic (exact) mass is 411 g/mol. The zero-order valence-electron chi connectivity index (χ0n) is 15.6. The summed E-state index contributed by atoms with van der Waals surface area (Å²) in [5.74, 6) is 0.191. The van der Waals surface area contributed by atoms with Gasteiger partial charge in [0.1, 0.15) is 22.6 Å². The Bertz CT molecular complexity index is 917. The average Bonchev–Trinajstić information content (AvgIpc) is 2.69. The molecule has 1 heterocycles. The Kier molecular flexibility index (Phi) is 6.30. The molecule has 1 aromatic heterocycles. The van der Waals surface area contributed by atoms with Crippen LogP contribution in [0.4, 0.5) is 4.39 Å². The van der Waals surface area contributed by atoms with Crippen molar-refractivity contribution in [3.8, 4) is 17.5 Å². The lowest BCUT2D eigenvalue weighted by molar-refractivity contribution is 0.136. The van der Waals surface area contributed by atoms with Crippen LogP contribution in [0.2, 0.25) is 0 Å². The van der Waals surface area contributed by atoms with Crippen LogP contribution in [0.3, 0.4) is 0 Å². The third-order valence-electron chi connectivity index (χ3n) is 4.50. The molecule has 10 heteroatoms. The van der Waals surface area contributed by atoms with E-state index in [1.165, 1.54) is 32.7 Å². The number of rotatable bonds is 7. The molecule has 1 aliphatic carbocycles. The van der Waals surface area contributed by atoms with Gasteiger partial charge in [-0.3, -0.25) is 4.98 Å². The highest BCUT2D eigenvalue weighted by Gasteiger charge is 2.28. The minimum atomic E-state index is -3.91. The second kappa shape index (κ2) is 8.70. The number of benzene rings is 1. The molecule has 152 valence electrons. The molecule has 0 spiro atoms. The van der Waals surface area contributed by atoms with Crippen LogP contribution in [0.5, 0.6) is 17.5 Å². The van der Waals surface area contributed by atoms with Gasteiger partial charge in [-0.25, -0.2) is 17.5 Å². The van der Waals surface area contributed by atoms with E-state index in [0.29, 0.717) is 37.4 Å². The van der Waals surface area contributed by atoms with Crippen LogP contribution in [-0.4, -0.2) is 44.8 Å². The zero-order valence-corrected chi connectivity index (χ0v) is 16.4. The molecule has 0 bridgehead atoms. The minimum absolute atomic E-state index is 0.0918. The summed E-state index contributed by atoms with van der Waals surface area (Å²) in [4.78, 5) is 7.95. The van der Waals surface area contributed by atoms with E-state index in [9.17, 15) is 12.8 Å². The second-order valence-corrected chi connectivity index (χ2v) is 8.09. The Hall–Kier alpha value is -2.46. The number of halogens is 1. The molecule has 3 rings (SSSR count). The predicted octanol–water partition coefficient (Wildman–Crippen LogP) is 2.30. The number of aromatic nitrogens is 2.